The van der Waals surface area contributed by atoms with Crippen molar-refractivity contribution < 1.29 is 13.9 Å². The second kappa shape index (κ2) is 3.31. The normalized spacial score (nSPS) is 11.1. The van der Waals surface area contributed by atoms with Crippen LogP contribution in [0.15, 0.2) is 45.6 Å². The van der Waals surface area contributed by atoms with Crippen molar-refractivity contribution in [3.05, 3.63) is 52.6 Å². The summed E-state index contributed by atoms with van der Waals surface area (Å²) in [5.41, 5.74) is -0.300. The van der Waals surface area contributed by atoms with E-state index in [-0.39, 0.29) is 11.3 Å². The van der Waals surface area contributed by atoms with Gasteiger partial charge < -0.3 is 9.52 Å². The maximum atomic E-state index is 13.2. The van der Waals surface area contributed by atoms with Crippen LogP contribution in [0.25, 0.3) is 21.7 Å². The Balaban J connectivity index is 2.62. The highest BCUT2D eigenvalue weighted by atomic mass is 19.1. The number of benzene rings is 2. The molecule has 0 spiro atoms. The summed E-state index contributed by atoms with van der Waals surface area (Å²) in [6.07, 6.45) is 0. The van der Waals surface area contributed by atoms with Crippen LogP contribution in [0, 0.1) is 5.82 Å². The van der Waals surface area contributed by atoms with Gasteiger partial charge in [-0.3, -0.25) is 0 Å². The Hall–Kier alpha value is -2.36. The molecule has 0 atom stereocenters. The van der Waals surface area contributed by atoms with Gasteiger partial charge in [-0.1, -0.05) is 0 Å². The van der Waals surface area contributed by atoms with Gasteiger partial charge in [-0.2, -0.15) is 0 Å². The minimum absolute atomic E-state index is 0.00333. The summed E-state index contributed by atoms with van der Waals surface area (Å²) >= 11 is 0. The van der Waals surface area contributed by atoms with Crippen LogP contribution >= 0.6 is 0 Å². The van der Waals surface area contributed by atoms with E-state index in [1.807, 2.05) is 0 Å². The predicted octanol–water partition coefficient (Wildman–Crippen LogP) is 2.79. The first-order valence-corrected chi connectivity index (χ1v) is 5.00. The average Bonchev–Trinajstić information content (AvgIpc) is 2.28. The summed E-state index contributed by atoms with van der Waals surface area (Å²) < 4.78 is 18.3. The Morgan fingerprint density at radius 3 is 2.59 bits per heavy atom. The molecule has 84 valence electrons. The zero-order valence-electron chi connectivity index (χ0n) is 8.61. The first-order chi connectivity index (χ1) is 8.15. The van der Waals surface area contributed by atoms with E-state index in [9.17, 15) is 14.3 Å². The average molecular weight is 230 g/mol. The minimum atomic E-state index is -0.543. The predicted molar refractivity (Wildman–Crippen MR) is 61.6 cm³/mol. The Morgan fingerprint density at radius 2 is 1.76 bits per heavy atom. The van der Waals surface area contributed by atoms with E-state index >= 15 is 0 Å². The van der Waals surface area contributed by atoms with E-state index in [0.717, 1.165) is 0 Å². The zero-order chi connectivity index (χ0) is 12.0. The lowest BCUT2D eigenvalue weighted by molar-refractivity contribution is 0.473. The second-order valence-corrected chi connectivity index (χ2v) is 3.76. The number of aromatic hydroxyl groups is 1. The summed E-state index contributed by atoms with van der Waals surface area (Å²) in [5, 5.41) is 10.7. The molecule has 0 saturated heterocycles. The summed E-state index contributed by atoms with van der Waals surface area (Å²) in [4.78, 5) is 11.6. The third-order valence-corrected chi connectivity index (χ3v) is 2.66. The second-order valence-electron chi connectivity index (χ2n) is 3.76. The van der Waals surface area contributed by atoms with Crippen molar-refractivity contribution in [1.29, 1.82) is 0 Å². The quantitative estimate of drug-likeness (QED) is 0.477. The van der Waals surface area contributed by atoms with Gasteiger partial charge in [-0.15, -0.1) is 0 Å². The number of hydrogen-bond donors (Lipinski definition) is 1. The van der Waals surface area contributed by atoms with Gasteiger partial charge in [-0.05, 0) is 30.3 Å². The molecule has 1 heterocycles. The van der Waals surface area contributed by atoms with Crippen molar-refractivity contribution in [2.45, 2.75) is 0 Å². The van der Waals surface area contributed by atoms with Crippen LogP contribution in [-0.2, 0) is 0 Å². The van der Waals surface area contributed by atoms with Gasteiger partial charge in [0.1, 0.15) is 17.1 Å². The fraction of sp³-hybridized carbons (Fsp3) is 0. The molecule has 0 aliphatic heterocycles. The summed E-state index contributed by atoms with van der Waals surface area (Å²) in [6.45, 7) is 0. The van der Waals surface area contributed by atoms with Crippen molar-refractivity contribution >= 4 is 21.7 Å². The van der Waals surface area contributed by atoms with Gasteiger partial charge in [0, 0.05) is 16.8 Å². The lowest BCUT2D eigenvalue weighted by atomic mass is 10.1. The van der Waals surface area contributed by atoms with E-state index < -0.39 is 11.4 Å². The van der Waals surface area contributed by atoms with Crippen molar-refractivity contribution in [1.82, 2.24) is 0 Å². The van der Waals surface area contributed by atoms with Crippen LogP contribution in [0.2, 0.25) is 0 Å². The molecule has 0 aliphatic carbocycles. The molecule has 1 N–H and O–H groups in total. The molecule has 0 fully saturated rings. The third-order valence-electron chi connectivity index (χ3n) is 2.66. The number of rotatable bonds is 0. The van der Waals surface area contributed by atoms with E-state index in [0.29, 0.717) is 16.2 Å². The Morgan fingerprint density at radius 1 is 1.00 bits per heavy atom. The van der Waals surface area contributed by atoms with Gasteiger partial charge >= 0.3 is 5.63 Å². The van der Waals surface area contributed by atoms with Crippen LogP contribution < -0.4 is 5.63 Å². The molecule has 0 aliphatic rings. The lowest BCUT2D eigenvalue weighted by Crippen LogP contribution is -1.99. The van der Waals surface area contributed by atoms with Crippen molar-refractivity contribution in [2.24, 2.45) is 0 Å². The fourth-order valence-corrected chi connectivity index (χ4v) is 1.89. The van der Waals surface area contributed by atoms with E-state index in [1.54, 1.807) is 6.07 Å². The number of phenolic OH excluding ortho intramolecular Hbond substituents is 1. The van der Waals surface area contributed by atoms with Crippen molar-refractivity contribution in [2.75, 3.05) is 0 Å². The smallest absolute Gasteiger partial charge is 0.344 e. The SMILES string of the molecule is O=c1oc2cc(O)ccc2c2cc(F)ccc12. The first-order valence-electron chi connectivity index (χ1n) is 5.00. The molecular weight excluding hydrogens is 223 g/mol. The monoisotopic (exact) mass is 230 g/mol. The molecule has 3 nitrogen and oxygen atoms in total. The first kappa shape index (κ1) is 9.84. The highest BCUT2D eigenvalue weighted by Gasteiger charge is 2.08. The lowest BCUT2D eigenvalue weighted by Gasteiger charge is -2.02. The largest absolute Gasteiger partial charge is 0.508 e. The molecule has 0 unspecified atom stereocenters. The molecule has 0 bridgehead atoms. The Kier molecular flexibility index (Phi) is 1.92. The van der Waals surface area contributed by atoms with Gasteiger partial charge in [0.2, 0.25) is 0 Å². The van der Waals surface area contributed by atoms with Gasteiger partial charge in [0.15, 0.2) is 0 Å². The van der Waals surface area contributed by atoms with Crippen LogP contribution in [0.1, 0.15) is 0 Å². The van der Waals surface area contributed by atoms with E-state index in [4.69, 9.17) is 4.42 Å². The zero-order valence-corrected chi connectivity index (χ0v) is 8.61. The summed E-state index contributed by atoms with van der Waals surface area (Å²) in [6, 6.07) is 8.28. The maximum absolute atomic E-state index is 13.2. The number of phenols is 1. The highest BCUT2D eigenvalue weighted by molar-refractivity contribution is 6.04. The van der Waals surface area contributed by atoms with Gasteiger partial charge in [-0.25, -0.2) is 9.18 Å². The molecule has 1 aromatic heterocycles. The third kappa shape index (κ3) is 1.45. The minimum Gasteiger partial charge on any atom is -0.508 e. The molecule has 4 heteroatoms. The molecule has 3 aromatic rings. The molecule has 2 aromatic carbocycles. The summed E-state index contributed by atoms with van der Waals surface area (Å²) in [5.74, 6) is -0.422. The standard InChI is InChI=1S/C13H7FO3/c14-7-1-3-10-11(5-7)9-4-2-8(15)6-12(9)17-13(10)16/h1-6,15H. The van der Waals surface area contributed by atoms with E-state index in [1.165, 1.54) is 30.3 Å². The highest BCUT2D eigenvalue weighted by Crippen LogP contribution is 2.26. The molecule has 0 saturated carbocycles. The van der Waals surface area contributed by atoms with E-state index in [2.05, 4.69) is 0 Å². The maximum Gasteiger partial charge on any atom is 0.344 e. The van der Waals surface area contributed by atoms with Crippen molar-refractivity contribution in [3.63, 3.8) is 0 Å². The number of halogens is 1. The molecule has 0 amide bonds. The van der Waals surface area contributed by atoms with Crippen LogP contribution in [-0.4, -0.2) is 5.11 Å². The van der Waals surface area contributed by atoms with Crippen molar-refractivity contribution in [3.8, 4) is 5.75 Å². The molecule has 3 rings (SSSR count). The van der Waals surface area contributed by atoms with Gasteiger partial charge in [0.25, 0.3) is 0 Å². The van der Waals surface area contributed by atoms with Crippen LogP contribution in [0.5, 0.6) is 5.75 Å². The van der Waals surface area contributed by atoms with Crippen LogP contribution in [0.3, 0.4) is 0 Å². The number of fused-ring (bicyclic) bond motifs is 3. The topological polar surface area (TPSA) is 50.4 Å². The molecule has 17 heavy (non-hydrogen) atoms. The fourth-order valence-electron chi connectivity index (χ4n) is 1.89. The summed E-state index contributed by atoms with van der Waals surface area (Å²) in [7, 11) is 0. The number of hydrogen-bond acceptors (Lipinski definition) is 3. The van der Waals surface area contributed by atoms with Crippen LogP contribution in [0.4, 0.5) is 4.39 Å². The molecule has 0 radical (unpaired) electrons. The Bertz CT molecular complexity index is 790. The molecular formula is C13H7FO3. The Labute approximate surface area is 94.7 Å². The van der Waals surface area contributed by atoms with Gasteiger partial charge in [0.05, 0.1) is 5.39 Å².